The summed E-state index contributed by atoms with van der Waals surface area (Å²) in [7, 11) is 0. The van der Waals surface area contributed by atoms with E-state index in [9.17, 15) is 4.79 Å². The Labute approximate surface area is 156 Å². The fraction of sp³-hybridized carbons (Fsp3) is 0.682. The molecule has 1 aromatic rings. The third kappa shape index (κ3) is 2.53. The van der Waals surface area contributed by atoms with Crippen LogP contribution in [-0.2, 0) is 16.1 Å². The zero-order valence-corrected chi connectivity index (χ0v) is 15.7. The topological polar surface area (TPSA) is 32.8 Å². The van der Waals surface area contributed by atoms with Crippen LogP contribution in [0.3, 0.4) is 0 Å². The molecule has 140 valence electrons. The lowest BCUT2D eigenvalue weighted by Gasteiger charge is -2.55. The summed E-state index contributed by atoms with van der Waals surface area (Å²) in [6.45, 7) is 3.85. The largest absolute Gasteiger partial charge is 0.353 e. The first kappa shape index (κ1) is 16.8. The molecule has 1 aliphatic carbocycles. The Hall–Kier alpha value is -1.39. The lowest BCUT2D eigenvalue weighted by Crippen LogP contribution is -2.67. The van der Waals surface area contributed by atoms with Crippen LogP contribution in [-0.4, -0.2) is 46.7 Å². The molecule has 0 aromatic heterocycles. The number of hydrogen-bond donors (Lipinski definition) is 0. The SMILES string of the molecule is O=C1CC[C@H]2CN(Cc3ccccc3)CC[C@]23OCC2(CCCCC2)N13. The molecular weight excluding hydrogens is 324 g/mol. The summed E-state index contributed by atoms with van der Waals surface area (Å²) in [5.74, 6) is 0.816. The lowest BCUT2D eigenvalue weighted by atomic mass is 9.75. The van der Waals surface area contributed by atoms with Gasteiger partial charge in [0.1, 0.15) is 5.72 Å². The summed E-state index contributed by atoms with van der Waals surface area (Å²) in [4.78, 5) is 17.9. The summed E-state index contributed by atoms with van der Waals surface area (Å²) in [5, 5.41) is 0. The second kappa shape index (κ2) is 6.35. The first-order valence-corrected chi connectivity index (χ1v) is 10.5. The van der Waals surface area contributed by atoms with Crippen molar-refractivity contribution in [2.75, 3.05) is 19.7 Å². The van der Waals surface area contributed by atoms with Crippen LogP contribution in [0.4, 0.5) is 0 Å². The molecular formula is C22H30N2O2. The van der Waals surface area contributed by atoms with E-state index in [2.05, 4.69) is 40.1 Å². The van der Waals surface area contributed by atoms with Crippen molar-refractivity contribution in [3.63, 3.8) is 0 Å². The highest BCUT2D eigenvalue weighted by molar-refractivity contribution is 5.79. The summed E-state index contributed by atoms with van der Waals surface area (Å²) in [5.41, 5.74) is 1.08. The van der Waals surface area contributed by atoms with Gasteiger partial charge >= 0.3 is 0 Å². The molecule has 0 N–H and O–H groups in total. The summed E-state index contributed by atoms with van der Waals surface area (Å²) < 4.78 is 6.59. The van der Waals surface area contributed by atoms with Crippen LogP contribution < -0.4 is 0 Å². The van der Waals surface area contributed by atoms with E-state index in [1.54, 1.807) is 0 Å². The zero-order chi connectivity index (χ0) is 17.6. The maximum Gasteiger partial charge on any atom is 0.225 e. The molecule has 4 nitrogen and oxygen atoms in total. The van der Waals surface area contributed by atoms with Crippen molar-refractivity contribution in [3.05, 3.63) is 35.9 Å². The fourth-order valence-corrected chi connectivity index (χ4v) is 6.11. The number of rotatable bonds is 2. The predicted molar refractivity (Wildman–Crippen MR) is 100 cm³/mol. The van der Waals surface area contributed by atoms with Gasteiger partial charge in [-0.2, -0.15) is 0 Å². The standard InChI is InChI=1S/C22H30N2O2/c25-20-10-9-19-16-23(15-18-7-3-1-4-8-18)14-13-22(19)24(20)21(17-26-22)11-5-2-6-12-21/h1,3-4,7-8,19H,2,5-6,9-17H2/t19-,22-/m0/s1. The molecule has 3 saturated heterocycles. The number of likely N-dealkylation sites (tertiary alicyclic amines) is 1. The van der Waals surface area contributed by atoms with Crippen LogP contribution >= 0.6 is 0 Å². The monoisotopic (exact) mass is 354 g/mol. The highest BCUT2D eigenvalue weighted by Gasteiger charge is 2.63. The molecule has 1 aromatic carbocycles. The van der Waals surface area contributed by atoms with Crippen LogP contribution in [0.1, 0.15) is 56.9 Å². The summed E-state index contributed by atoms with van der Waals surface area (Å²) in [6.07, 6.45) is 8.74. The number of ether oxygens (including phenoxy) is 1. The maximum atomic E-state index is 13.0. The van der Waals surface area contributed by atoms with E-state index in [1.165, 1.54) is 24.8 Å². The minimum Gasteiger partial charge on any atom is -0.353 e. The third-order valence-electron chi connectivity index (χ3n) is 7.34. The highest BCUT2D eigenvalue weighted by atomic mass is 16.5. The van der Waals surface area contributed by atoms with Crippen LogP contribution in [0.2, 0.25) is 0 Å². The Balaban J connectivity index is 1.38. The van der Waals surface area contributed by atoms with Gasteiger partial charge in [-0.05, 0) is 24.8 Å². The molecule has 0 bridgehead atoms. The summed E-state index contributed by atoms with van der Waals surface area (Å²) >= 11 is 0. The van der Waals surface area contributed by atoms with Gasteiger partial charge in [0.15, 0.2) is 0 Å². The van der Waals surface area contributed by atoms with Gasteiger partial charge in [-0.15, -0.1) is 0 Å². The third-order valence-corrected chi connectivity index (χ3v) is 7.34. The molecule has 4 heteroatoms. The Morgan fingerprint density at radius 2 is 1.88 bits per heavy atom. The molecule has 2 spiro atoms. The number of benzene rings is 1. The average molecular weight is 354 g/mol. The Morgan fingerprint density at radius 1 is 1.08 bits per heavy atom. The minimum absolute atomic E-state index is 0.00953. The predicted octanol–water partition coefficient (Wildman–Crippen LogP) is 3.56. The smallest absolute Gasteiger partial charge is 0.225 e. The van der Waals surface area contributed by atoms with Gasteiger partial charge < -0.3 is 9.64 Å². The summed E-state index contributed by atoms with van der Waals surface area (Å²) in [6, 6.07) is 10.7. The number of piperidine rings is 2. The Bertz CT molecular complexity index is 670. The number of carbonyl (C=O) groups is 1. The molecule has 4 fully saturated rings. The van der Waals surface area contributed by atoms with Gasteiger partial charge in [-0.25, -0.2) is 0 Å². The minimum atomic E-state index is -0.306. The molecule has 26 heavy (non-hydrogen) atoms. The van der Waals surface area contributed by atoms with Crippen LogP contribution in [0.15, 0.2) is 30.3 Å². The zero-order valence-electron chi connectivity index (χ0n) is 15.7. The van der Waals surface area contributed by atoms with E-state index in [-0.39, 0.29) is 11.3 Å². The number of fused-ring (bicyclic) bond motifs is 1. The van der Waals surface area contributed by atoms with Crippen molar-refractivity contribution in [3.8, 4) is 0 Å². The van der Waals surface area contributed by atoms with E-state index in [0.717, 1.165) is 51.9 Å². The second-order valence-electron chi connectivity index (χ2n) is 8.85. The Kier molecular flexibility index (Phi) is 4.09. The lowest BCUT2D eigenvalue weighted by molar-refractivity contribution is -0.197. The molecule has 1 amide bonds. The number of nitrogens with zero attached hydrogens (tertiary/aromatic N) is 2. The second-order valence-corrected chi connectivity index (χ2v) is 8.85. The number of amides is 1. The quantitative estimate of drug-likeness (QED) is 0.814. The first-order chi connectivity index (χ1) is 12.7. The highest BCUT2D eigenvalue weighted by Crippen LogP contribution is 2.53. The molecule has 3 aliphatic heterocycles. The number of hydrogen-bond acceptors (Lipinski definition) is 3. The Morgan fingerprint density at radius 3 is 2.69 bits per heavy atom. The van der Waals surface area contributed by atoms with Gasteiger partial charge in [0.05, 0.1) is 12.1 Å². The number of carbonyl (C=O) groups excluding carboxylic acids is 1. The molecule has 0 unspecified atom stereocenters. The van der Waals surface area contributed by atoms with Crippen LogP contribution in [0.25, 0.3) is 0 Å². The van der Waals surface area contributed by atoms with E-state index < -0.39 is 0 Å². The van der Waals surface area contributed by atoms with Gasteiger partial charge in [-0.1, -0.05) is 49.6 Å². The van der Waals surface area contributed by atoms with Gasteiger partial charge in [-0.3, -0.25) is 9.69 Å². The van der Waals surface area contributed by atoms with Gasteiger partial charge in [0, 0.05) is 38.4 Å². The van der Waals surface area contributed by atoms with E-state index >= 15 is 0 Å². The normalized spacial score (nSPS) is 33.9. The van der Waals surface area contributed by atoms with Crippen molar-refractivity contribution in [2.24, 2.45) is 5.92 Å². The van der Waals surface area contributed by atoms with Gasteiger partial charge in [0.25, 0.3) is 0 Å². The molecule has 1 saturated carbocycles. The van der Waals surface area contributed by atoms with E-state index in [1.807, 2.05) is 0 Å². The molecule has 5 rings (SSSR count). The molecule has 2 atom stereocenters. The van der Waals surface area contributed by atoms with Crippen molar-refractivity contribution in [1.29, 1.82) is 0 Å². The molecule has 0 radical (unpaired) electrons. The van der Waals surface area contributed by atoms with Crippen molar-refractivity contribution in [1.82, 2.24) is 9.80 Å². The van der Waals surface area contributed by atoms with E-state index in [4.69, 9.17) is 4.74 Å². The van der Waals surface area contributed by atoms with Crippen LogP contribution in [0, 0.1) is 5.92 Å². The van der Waals surface area contributed by atoms with E-state index in [0.29, 0.717) is 18.2 Å². The van der Waals surface area contributed by atoms with Crippen LogP contribution in [0.5, 0.6) is 0 Å². The maximum absolute atomic E-state index is 13.0. The van der Waals surface area contributed by atoms with Crippen molar-refractivity contribution < 1.29 is 9.53 Å². The van der Waals surface area contributed by atoms with Crippen molar-refractivity contribution in [2.45, 2.75) is 69.2 Å². The average Bonchev–Trinajstić information content (AvgIpc) is 2.99. The van der Waals surface area contributed by atoms with Gasteiger partial charge in [0.2, 0.25) is 5.91 Å². The van der Waals surface area contributed by atoms with Crippen molar-refractivity contribution >= 4 is 5.91 Å². The first-order valence-electron chi connectivity index (χ1n) is 10.5. The molecule has 3 heterocycles. The fourth-order valence-electron chi connectivity index (χ4n) is 6.11. The molecule has 4 aliphatic rings.